The van der Waals surface area contributed by atoms with Crippen molar-refractivity contribution < 1.29 is 22.7 Å². The monoisotopic (exact) mass is 303 g/mol. The van der Waals surface area contributed by atoms with Gasteiger partial charge in [-0.2, -0.15) is 13.2 Å². The van der Waals surface area contributed by atoms with E-state index in [0.717, 1.165) is 12.0 Å². The van der Waals surface area contributed by atoms with Gasteiger partial charge in [-0.25, -0.2) is 0 Å². The molecule has 6 heteroatoms. The lowest BCUT2D eigenvalue weighted by atomic mass is 10.1. The summed E-state index contributed by atoms with van der Waals surface area (Å²) in [5, 5.41) is 2.81. The number of rotatable bonds is 7. The van der Waals surface area contributed by atoms with Crippen LogP contribution in [0.2, 0.25) is 0 Å². The zero-order chi connectivity index (χ0) is 15.9. The molecule has 0 aromatic heterocycles. The molecule has 1 amide bonds. The van der Waals surface area contributed by atoms with Crippen molar-refractivity contribution in [2.75, 3.05) is 6.61 Å². The van der Waals surface area contributed by atoms with E-state index in [4.69, 9.17) is 0 Å². The Morgan fingerprint density at radius 2 is 1.81 bits per heavy atom. The molecule has 0 aliphatic heterocycles. The Bertz CT molecular complexity index is 443. The minimum absolute atomic E-state index is 0.00455. The molecule has 0 bridgehead atoms. The van der Waals surface area contributed by atoms with Gasteiger partial charge in [-0.1, -0.05) is 38.1 Å². The maximum atomic E-state index is 11.9. The van der Waals surface area contributed by atoms with Gasteiger partial charge in [0.2, 0.25) is 5.91 Å². The molecule has 1 unspecified atom stereocenters. The Kier molecular flexibility index (Phi) is 6.68. The molecule has 0 saturated heterocycles. The maximum absolute atomic E-state index is 11.9. The van der Waals surface area contributed by atoms with E-state index in [9.17, 15) is 18.0 Å². The summed E-state index contributed by atoms with van der Waals surface area (Å²) in [6.07, 6.45) is -3.53. The van der Waals surface area contributed by atoms with Crippen molar-refractivity contribution in [3.8, 4) is 0 Å². The van der Waals surface area contributed by atoms with Gasteiger partial charge in [0.1, 0.15) is 6.61 Å². The largest absolute Gasteiger partial charge is 0.411 e. The fourth-order valence-electron chi connectivity index (χ4n) is 1.59. The van der Waals surface area contributed by atoms with Crippen LogP contribution < -0.4 is 5.32 Å². The van der Waals surface area contributed by atoms with Crippen molar-refractivity contribution in [3.63, 3.8) is 0 Å². The molecule has 1 aromatic carbocycles. The van der Waals surface area contributed by atoms with Crippen LogP contribution in [0.1, 0.15) is 31.4 Å². The van der Waals surface area contributed by atoms with Gasteiger partial charge in [0.05, 0.1) is 6.61 Å². The fraction of sp³-hybridized carbons (Fsp3) is 0.533. The van der Waals surface area contributed by atoms with Crippen LogP contribution in [0.25, 0.3) is 0 Å². The highest BCUT2D eigenvalue weighted by molar-refractivity contribution is 5.78. The Balaban J connectivity index is 2.38. The van der Waals surface area contributed by atoms with Gasteiger partial charge in [-0.3, -0.25) is 4.79 Å². The number of nitrogens with one attached hydrogen (secondary N) is 1. The Morgan fingerprint density at radius 3 is 2.33 bits per heavy atom. The molecule has 0 aliphatic carbocycles. The third-order valence-electron chi connectivity index (χ3n) is 3.08. The molecular weight excluding hydrogens is 283 g/mol. The molecular formula is C15H20F3NO2. The molecule has 1 N–H and O–H groups in total. The summed E-state index contributed by atoms with van der Waals surface area (Å²) in [5.41, 5.74) is 1.56. The molecule has 0 fully saturated rings. The van der Waals surface area contributed by atoms with E-state index in [1.807, 2.05) is 13.8 Å². The molecule has 118 valence electrons. The molecule has 0 saturated carbocycles. The number of hydrogen-bond donors (Lipinski definition) is 1. The first-order valence-corrected chi connectivity index (χ1v) is 6.82. The zero-order valence-corrected chi connectivity index (χ0v) is 12.2. The second-order valence-corrected chi connectivity index (χ2v) is 4.95. The van der Waals surface area contributed by atoms with Crippen LogP contribution in [0.15, 0.2) is 24.3 Å². The molecule has 1 atom stereocenters. The molecule has 0 spiro atoms. The summed E-state index contributed by atoms with van der Waals surface area (Å²) in [5.74, 6) is -0.0323. The van der Waals surface area contributed by atoms with Gasteiger partial charge < -0.3 is 10.1 Å². The first kappa shape index (κ1) is 17.5. The van der Waals surface area contributed by atoms with Gasteiger partial charge in [0.25, 0.3) is 0 Å². The third kappa shape index (κ3) is 7.13. The van der Waals surface area contributed by atoms with Gasteiger partial charge in [0.15, 0.2) is 0 Å². The molecule has 0 heterocycles. The Morgan fingerprint density at radius 1 is 1.24 bits per heavy atom. The summed E-state index contributed by atoms with van der Waals surface area (Å²) in [7, 11) is 0. The van der Waals surface area contributed by atoms with Crippen LogP contribution in [-0.2, 0) is 22.7 Å². The third-order valence-corrected chi connectivity index (χ3v) is 3.08. The van der Waals surface area contributed by atoms with Crippen molar-refractivity contribution in [1.82, 2.24) is 5.32 Å². The number of amides is 1. The summed E-state index contributed by atoms with van der Waals surface area (Å²) in [4.78, 5) is 11.6. The average Bonchev–Trinajstić information content (AvgIpc) is 2.44. The van der Waals surface area contributed by atoms with Crippen molar-refractivity contribution in [2.24, 2.45) is 5.92 Å². The van der Waals surface area contributed by atoms with E-state index >= 15 is 0 Å². The SMILES string of the molecule is CCC(C)C(=O)NCc1ccc(COCC(F)(F)F)cc1. The highest BCUT2D eigenvalue weighted by Gasteiger charge is 2.27. The summed E-state index contributed by atoms with van der Waals surface area (Å²) < 4.78 is 40.4. The van der Waals surface area contributed by atoms with E-state index in [1.54, 1.807) is 24.3 Å². The lowest BCUT2D eigenvalue weighted by Crippen LogP contribution is -2.28. The fourth-order valence-corrected chi connectivity index (χ4v) is 1.59. The summed E-state index contributed by atoms with van der Waals surface area (Å²) in [6.45, 7) is 2.88. The lowest BCUT2D eigenvalue weighted by molar-refractivity contribution is -0.176. The molecule has 1 aromatic rings. The Hall–Kier alpha value is -1.56. The van der Waals surface area contributed by atoms with Gasteiger partial charge in [-0.05, 0) is 17.5 Å². The van der Waals surface area contributed by atoms with Crippen molar-refractivity contribution in [1.29, 1.82) is 0 Å². The second-order valence-electron chi connectivity index (χ2n) is 4.95. The van der Waals surface area contributed by atoms with E-state index < -0.39 is 12.8 Å². The van der Waals surface area contributed by atoms with E-state index in [0.29, 0.717) is 12.1 Å². The minimum Gasteiger partial charge on any atom is -0.367 e. The van der Waals surface area contributed by atoms with Crippen LogP contribution in [0.5, 0.6) is 0 Å². The molecule has 0 aliphatic rings. The van der Waals surface area contributed by atoms with Crippen molar-refractivity contribution >= 4 is 5.91 Å². The van der Waals surface area contributed by atoms with E-state index in [1.165, 1.54) is 0 Å². The maximum Gasteiger partial charge on any atom is 0.411 e. The average molecular weight is 303 g/mol. The molecule has 21 heavy (non-hydrogen) atoms. The van der Waals surface area contributed by atoms with Crippen molar-refractivity contribution in [3.05, 3.63) is 35.4 Å². The van der Waals surface area contributed by atoms with Gasteiger partial charge in [-0.15, -0.1) is 0 Å². The first-order chi connectivity index (χ1) is 9.81. The van der Waals surface area contributed by atoms with E-state index in [2.05, 4.69) is 10.1 Å². The van der Waals surface area contributed by atoms with Crippen LogP contribution in [0.3, 0.4) is 0 Å². The summed E-state index contributed by atoms with van der Waals surface area (Å²) in [6, 6.07) is 6.93. The number of halogens is 3. The first-order valence-electron chi connectivity index (χ1n) is 6.82. The quantitative estimate of drug-likeness (QED) is 0.838. The van der Waals surface area contributed by atoms with Crippen molar-refractivity contribution in [2.45, 2.75) is 39.6 Å². The zero-order valence-electron chi connectivity index (χ0n) is 12.2. The van der Waals surface area contributed by atoms with Crippen LogP contribution in [-0.4, -0.2) is 18.7 Å². The predicted molar refractivity (Wildman–Crippen MR) is 73.5 cm³/mol. The number of ether oxygens (including phenoxy) is 1. The summed E-state index contributed by atoms with van der Waals surface area (Å²) >= 11 is 0. The number of benzene rings is 1. The lowest BCUT2D eigenvalue weighted by Gasteiger charge is -2.11. The van der Waals surface area contributed by atoms with E-state index in [-0.39, 0.29) is 18.4 Å². The van der Waals surface area contributed by atoms with Crippen LogP contribution in [0, 0.1) is 5.92 Å². The van der Waals surface area contributed by atoms with Crippen LogP contribution in [0.4, 0.5) is 13.2 Å². The smallest absolute Gasteiger partial charge is 0.367 e. The predicted octanol–water partition coefficient (Wildman–Crippen LogP) is 3.43. The number of alkyl halides is 3. The second kappa shape index (κ2) is 8.02. The van der Waals surface area contributed by atoms with Gasteiger partial charge in [0, 0.05) is 12.5 Å². The minimum atomic E-state index is -4.31. The van der Waals surface area contributed by atoms with Crippen LogP contribution >= 0.6 is 0 Å². The number of carbonyl (C=O) groups is 1. The Labute approximate surface area is 122 Å². The highest BCUT2D eigenvalue weighted by Crippen LogP contribution is 2.15. The number of hydrogen-bond acceptors (Lipinski definition) is 2. The molecule has 3 nitrogen and oxygen atoms in total. The molecule has 1 rings (SSSR count). The number of carbonyl (C=O) groups excluding carboxylic acids is 1. The topological polar surface area (TPSA) is 38.3 Å². The standard InChI is InChI=1S/C15H20F3NO2/c1-3-11(2)14(20)19-8-12-4-6-13(7-5-12)9-21-10-15(16,17)18/h4-7,11H,3,8-10H2,1-2H3,(H,19,20). The normalized spacial score (nSPS) is 13.0. The molecule has 0 radical (unpaired) electrons. The highest BCUT2D eigenvalue weighted by atomic mass is 19.4. The van der Waals surface area contributed by atoms with Gasteiger partial charge >= 0.3 is 6.18 Å².